The van der Waals surface area contributed by atoms with Gasteiger partial charge in [0.05, 0.1) is 18.3 Å². The molecule has 5 atom stereocenters. The van der Waals surface area contributed by atoms with E-state index < -0.39 is 24.5 Å². The summed E-state index contributed by atoms with van der Waals surface area (Å²) < 4.78 is 11.2. The van der Waals surface area contributed by atoms with Gasteiger partial charge in [0.15, 0.2) is 6.29 Å². The zero-order valence-corrected chi connectivity index (χ0v) is 14.3. The number of aliphatic hydroxyl groups is 2. The van der Waals surface area contributed by atoms with E-state index in [4.69, 9.17) is 9.47 Å². The Morgan fingerprint density at radius 2 is 1.78 bits per heavy atom. The van der Waals surface area contributed by atoms with Gasteiger partial charge in [0.25, 0.3) is 0 Å². The van der Waals surface area contributed by atoms with Crippen molar-refractivity contribution in [2.24, 2.45) is 0 Å². The molecule has 1 fully saturated rings. The predicted octanol–water partition coefficient (Wildman–Crippen LogP) is 1.12. The van der Waals surface area contributed by atoms with Crippen LogP contribution in [0.4, 0.5) is 0 Å². The van der Waals surface area contributed by atoms with Crippen LogP contribution in [0.1, 0.15) is 71.6 Å². The average Bonchev–Trinajstić information content (AvgIpc) is 2.47. The topological polar surface area (TPSA) is 99.1 Å². The molecule has 0 radical (unpaired) electrons. The van der Waals surface area contributed by atoms with Gasteiger partial charge in [-0.05, 0) is 33.1 Å². The summed E-state index contributed by atoms with van der Waals surface area (Å²) in [6.07, 6.45) is 4.79. The maximum atomic E-state index is 10.3. The monoisotopic (exact) mass is 331 g/mol. The van der Waals surface area contributed by atoms with Gasteiger partial charge in [-0.1, -0.05) is 32.1 Å². The van der Waals surface area contributed by atoms with E-state index in [2.05, 4.69) is 0 Å². The first kappa shape index (κ1) is 20.4. The van der Waals surface area contributed by atoms with Gasteiger partial charge in [-0.15, -0.1) is 0 Å². The van der Waals surface area contributed by atoms with Crippen molar-refractivity contribution >= 4 is 5.97 Å². The normalized spacial score (nSPS) is 29.4. The van der Waals surface area contributed by atoms with E-state index in [9.17, 15) is 20.1 Å². The van der Waals surface area contributed by atoms with E-state index in [0.717, 1.165) is 38.5 Å². The third kappa shape index (κ3) is 8.65. The number of hydrogen-bond acceptors (Lipinski definition) is 6. The van der Waals surface area contributed by atoms with E-state index in [-0.39, 0.29) is 25.0 Å². The Morgan fingerprint density at radius 3 is 2.43 bits per heavy atom. The Kier molecular flexibility index (Phi) is 9.71. The van der Waals surface area contributed by atoms with Crippen molar-refractivity contribution in [3.05, 3.63) is 0 Å². The molecular weight excluding hydrogens is 300 g/mol. The van der Waals surface area contributed by atoms with Crippen LogP contribution in [0.15, 0.2) is 0 Å². The summed E-state index contributed by atoms with van der Waals surface area (Å²) in [5.41, 5.74) is 0. The Bertz CT molecular complexity index is 335. The van der Waals surface area contributed by atoms with E-state index in [0.29, 0.717) is 6.42 Å². The summed E-state index contributed by atoms with van der Waals surface area (Å²) in [4.78, 5) is 10.3. The molecule has 6 nitrogen and oxygen atoms in total. The molecular formula is C17H31O6-. The van der Waals surface area contributed by atoms with Gasteiger partial charge in [-0.25, -0.2) is 0 Å². The number of aliphatic hydroxyl groups excluding tert-OH is 2. The van der Waals surface area contributed by atoms with Crippen LogP contribution in [0.3, 0.4) is 0 Å². The number of hydrogen-bond donors (Lipinski definition) is 2. The lowest BCUT2D eigenvalue weighted by molar-refractivity contribution is -0.305. The molecule has 1 aliphatic heterocycles. The summed E-state index contributed by atoms with van der Waals surface area (Å²) in [5.74, 6) is -0.968. The second-order valence-corrected chi connectivity index (χ2v) is 6.56. The number of rotatable bonds is 11. The number of unbranched alkanes of at least 4 members (excludes halogenated alkanes) is 5. The van der Waals surface area contributed by atoms with Crippen molar-refractivity contribution < 1.29 is 29.6 Å². The van der Waals surface area contributed by atoms with Crippen LogP contribution in [0.2, 0.25) is 0 Å². The number of carboxylic acid groups (broad SMARTS) is 1. The maximum Gasteiger partial charge on any atom is 0.184 e. The average molecular weight is 331 g/mol. The molecule has 1 saturated heterocycles. The van der Waals surface area contributed by atoms with E-state index in [1.165, 1.54) is 0 Å². The van der Waals surface area contributed by atoms with Gasteiger partial charge in [0, 0.05) is 12.4 Å². The standard InChI is InChI=1S/C17H32O6/c1-12(9-7-5-3-4-6-8-10-16(20)21)22-17-15(19)11-14(18)13(2)23-17/h12-15,17-19H,3-11H2,1-2H3,(H,20,21)/p-1/t12-,13+,14-,15-,17-/m1/s1. The molecule has 0 aliphatic carbocycles. The number of carbonyl (C=O) groups excluding carboxylic acids is 1. The smallest absolute Gasteiger partial charge is 0.184 e. The fourth-order valence-electron chi connectivity index (χ4n) is 2.77. The van der Waals surface area contributed by atoms with E-state index >= 15 is 0 Å². The number of aliphatic carboxylic acids is 1. The lowest BCUT2D eigenvalue weighted by atomic mass is 10.0. The summed E-state index contributed by atoms with van der Waals surface area (Å²) >= 11 is 0. The zero-order valence-electron chi connectivity index (χ0n) is 14.3. The quantitative estimate of drug-likeness (QED) is 0.550. The van der Waals surface area contributed by atoms with Crippen molar-refractivity contribution in [3.8, 4) is 0 Å². The van der Waals surface area contributed by atoms with Crippen LogP contribution >= 0.6 is 0 Å². The third-order valence-corrected chi connectivity index (χ3v) is 4.30. The molecule has 6 heteroatoms. The highest BCUT2D eigenvalue weighted by Gasteiger charge is 2.35. The molecule has 0 aromatic heterocycles. The van der Waals surface area contributed by atoms with Gasteiger partial charge >= 0.3 is 0 Å². The van der Waals surface area contributed by atoms with Crippen LogP contribution in [-0.2, 0) is 14.3 Å². The highest BCUT2D eigenvalue weighted by Crippen LogP contribution is 2.23. The molecule has 23 heavy (non-hydrogen) atoms. The SMILES string of the molecule is C[C@H](CCCCCCCCC(=O)[O-])O[C@@H]1O[C@@H](C)[C@H](O)C[C@H]1O. The second kappa shape index (κ2) is 11.0. The first-order valence-electron chi connectivity index (χ1n) is 8.77. The minimum absolute atomic E-state index is 0.00447. The predicted molar refractivity (Wildman–Crippen MR) is 83.5 cm³/mol. The van der Waals surface area contributed by atoms with Gasteiger partial charge < -0.3 is 29.6 Å². The van der Waals surface area contributed by atoms with Gasteiger partial charge in [-0.2, -0.15) is 0 Å². The molecule has 0 spiro atoms. The van der Waals surface area contributed by atoms with Crippen LogP contribution in [0.25, 0.3) is 0 Å². The molecule has 0 saturated carbocycles. The van der Waals surface area contributed by atoms with Crippen LogP contribution in [0.5, 0.6) is 0 Å². The van der Waals surface area contributed by atoms with Crippen LogP contribution in [-0.4, -0.2) is 46.9 Å². The zero-order chi connectivity index (χ0) is 17.2. The molecule has 0 bridgehead atoms. The second-order valence-electron chi connectivity index (χ2n) is 6.56. The molecule has 0 aromatic carbocycles. The summed E-state index contributed by atoms with van der Waals surface area (Å²) in [5, 5.41) is 29.8. The fourth-order valence-corrected chi connectivity index (χ4v) is 2.77. The van der Waals surface area contributed by atoms with Gasteiger partial charge in [0.2, 0.25) is 0 Å². The minimum Gasteiger partial charge on any atom is -0.550 e. The first-order chi connectivity index (χ1) is 10.9. The van der Waals surface area contributed by atoms with E-state index in [1.807, 2.05) is 6.92 Å². The summed E-state index contributed by atoms with van der Waals surface area (Å²) in [6, 6.07) is 0. The summed E-state index contributed by atoms with van der Waals surface area (Å²) in [7, 11) is 0. The Labute approximate surface area is 138 Å². The van der Waals surface area contributed by atoms with Gasteiger partial charge in [-0.3, -0.25) is 0 Å². The third-order valence-electron chi connectivity index (χ3n) is 4.30. The lowest BCUT2D eigenvalue weighted by Gasteiger charge is -2.36. The van der Waals surface area contributed by atoms with Crippen LogP contribution < -0.4 is 5.11 Å². The van der Waals surface area contributed by atoms with Crippen molar-refractivity contribution in [3.63, 3.8) is 0 Å². The van der Waals surface area contributed by atoms with Crippen molar-refractivity contribution in [1.29, 1.82) is 0 Å². The molecule has 1 heterocycles. The van der Waals surface area contributed by atoms with E-state index in [1.54, 1.807) is 6.92 Å². The van der Waals surface area contributed by atoms with Crippen molar-refractivity contribution in [1.82, 2.24) is 0 Å². The van der Waals surface area contributed by atoms with Crippen molar-refractivity contribution in [2.75, 3.05) is 0 Å². The lowest BCUT2D eigenvalue weighted by Crippen LogP contribution is -2.48. The maximum absolute atomic E-state index is 10.3. The molecule has 0 amide bonds. The Morgan fingerprint density at radius 1 is 1.17 bits per heavy atom. The minimum atomic E-state index is -0.968. The molecule has 0 aromatic rings. The van der Waals surface area contributed by atoms with Crippen molar-refractivity contribution in [2.45, 2.75) is 102 Å². The molecule has 1 aliphatic rings. The number of carboxylic acids is 1. The highest BCUT2D eigenvalue weighted by atomic mass is 16.7. The Hall–Kier alpha value is -0.690. The first-order valence-corrected chi connectivity index (χ1v) is 8.77. The fraction of sp³-hybridized carbons (Fsp3) is 0.941. The molecule has 0 unspecified atom stereocenters. The van der Waals surface area contributed by atoms with Gasteiger partial charge in [0.1, 0.15) is 6.10 Å². The Balaban J connectivity index is 2.04. The summed E-state index contributed by atoms with van der Waals surface area (Å²) in [6.45, 7) is 3.74. The number of ether oxygens (including phenoxy) is 2. The molecule has 2 N–H and O–H groups in total. The van der Waals surface area contributed by atoms with Crippen LogP contribution in [0, 0.1) is 0 Å². The highest BCUT2D eigenvalue weighted by molar-refractivity contribution is 5.63. The molecule has 136 valence electrons. The largest absolute Gasteiger partial charge is 0.550 e. The molecule has 1 rings (SSSR count). The number of carbonyl (C=O) groups is 1.